The number of benzene rings is 2. The highest BCUT2D eigenvalue weighted by Crippen LogP contribution is 2.30. The summed E-state index contributed by atoms with van der Waals surface area (Å²) in [5.41, 5.74) is 3.32. The highest BCUT2D eigenvalue weighted by molar-refractivity contribution is 7.91. The molecule has 1 atom stereocenters. The van der Waals surface area contributed by atoms with Crippen LogP contribution in [0.5, 0.6) is 0 Å². The second-order valence-corrected chi connectivity index (χ2v) is 10.3. The van der Waals surface area contributed by atoms with E-state index in [0.717, 1.165) is 22.1 Å². The Bertz CT molecular complexity index is 1200. The summed E-state index contributed by atoms with van der Waals surface area (Å²) in [6, 6.07) is 12.7. The summed E-state index contributed by atoms with van der Waals surface area (Å²) in [7, 11) is -3.15. The van der Waals surface area contributed by atoms with E-state index < -0.39 is 9.84 Å². The molecule has 0 spiro atoms. The summed E-state index contributed by atoms with van der Waals surface area (Å²) >= 11 is 6.11. The van der Waals surface area contributed by atoms with Gasteiger partial charge in [-0.2, -0.15) is 0 Å². The normalized spacial score (nSPS) is 18.2. The predicted molar refractivity (Wildman–Crippen MR) is 114 cm³/mol. The van der Waals surface area contributed by atoms with Crippen molar-refractivity contribution in [2.75, 3.05) is 11.5 Å². The van der Waals surface area contributed by atoms with Crippen LogP contribution in [0.1, 0.15) is 33.7 Å². The third-order valence-electron chi connectivity index (χ3n) is 5.44. The summed E-state index contributed by atoms with van der Waals surface area (Å²) in [6.07, 6.45) is 0.424. The molecule has 2 heterocycles. The number of carbonyl (C=O) groups excluding carboxylic acids is 1. The van der Waals surface area contributed by atoms with Crippen LogP contribution in [-0.4, -0.2) is 36.8 Å². The molecule has 1 aliphatic heterocycles. The summed E-state index contributed by atoms with van der Waals surface area (Å²) < 4.78 is 30.1. The number of furan rings is 1. The molecule has 3 aromatic rings. The van der Waals surface area contributed by atoms with Gasteiger partial charge >= 0.3 is 0 Å². The zero-order valence-corrected chi connectivity index (χ0v) is 17.9. The molecule has 152 valence electrons. The monoisotopic (exact) mass is 431 g/mol. The Morgan fingerprint density at radius 1 is 1.21 bits per heavy atom. The molecule has 1 aliphatic rings. The average Bonchev–Trinajstić information content (AvgIpc) is 3.18. The molecular weight excluding hydrogens is 410 g/mol. The van der Waals surface area contributed by atoms with Crippen molar-refractivity contribution in [3.8, 4) is 0 Å². The number of hydrogen-bond acceptors (Lipinski definition) is 4. The maximum absolute atomic E-state index is 13.5. The lowest BCUT2D eigenvalue weighted by Gasteiger charge is -2.28. The first kappa shape index (κ1) is 20.0. The molecular formula is C22H22ClNO4S. The van der Waals surface area contributed by atoms with Crippen LogP contribution in [0, 0.1) is 13.8 Å². The number of carbonyl (C=O) groups is 1. The van der Waals surface area contributed by atoms with Crippen molar-refractivity contribution in [1.29, 1.82) is 0 Å². The lowest BCUT2D eigenvalue weighted by Crippen LogP contribution is -2.40. The van der Waals surface area contributed by atoms with Crippen LogP contribution < -0.4 is 0 Å². The van der Waals surface area contributed by atoms with Gasteiger partial charge in [0.15, 0.2) is 15.6 Å². The minimum Gasteiger partial charge on any atom is -0.451 e. The van der Waals surface area contributed by atoms with Gasteiger partial charge in [0, 0.05) is 28.6 Å². The van der Waals surface area contributed by atoms with Crippen molar-refractivity contribution < 1.29 is 17.6 Å². The molecule has 0 saturated carbocycles. The highest BCUT2D eigenvalue weighted by Gasteiger charge is 2.36. The van der Waals surface area contributed by atoms with Crippen LogP contribution >= 0.6 is 11.6 Å². The summed E-state index contributed by atoms with van der Waals surface area (Å²) in [5.74, 6) is 0.0304. The number of hydrogen-bond donors (Lipinski definition) is 0. The number of halogens is 1. The van der Waals surface area contributed by atoms with E-state index in [4.69, 9.17) is 16.0 Å². The Labute approximate surface area is 175 Å². The van der Waals surface area contributed by atoms with E-state index in [1.54, 1.807) is 17.0 Å². The van der Waals surface area contributed by atoms with Crippen LogP contribution in [0.15, 0.2) is 46.9 Å². The average molecular weight is 432 g/mol. The molecule has 1 amide bonds. The molecule has 5 nitrogen and oxygen atoms in total. The van der Waals surface area contributed by atoms with Crippen LogP contribution in [0.4, 0.5) is 0 Å². The first-order chi connectivity index (χ1) is 13.7. The van der Waals surface area contributed by atoms with E-state index in [9.17, 15) is 13.2 Å². The second kappa shape index (κ2) is 7.50. The lowest BCUT2D eigenvalue weighted by molar-refractivity contribution is 0.0649. The molecule has 2 aromatic carbocycles. The van der Waals surface area contributed by atoms with E-state index in [1.807, 2.05) is 44.2 Å². The number of aryl methyl sites for hydroxylation is 2. The molecule has 1 fully saturated rings. The number of sulfone groups is 1. The first-order valence-corrected chi connectivity index (χ1v) is 11.7. The Hall–Kier alpha value is -2.31. The first-order valence-electron chi connectivity index (χ1n) is 9.49. The number of fused-ring (bicyclic) bond motifs is 1. The SMILES string of the molecule is Cc1ccc2c(C)c(C(=O)N(Cc3cccc(Cl)c3)C3CCS(=O)(=O)C3)oc2c1. The summed E-state index contributed by atoms with van der Waals surface area (Å²) in [4.78, 5) is 15.1. The highest BCUT2D eigenvalue weighted by atomic mass is 35.5. The zero-order valence-electron chi connectivity index (χ0n) is 16.3. The van der Waals surface area contributed by atoms with Crippen molar-refractivity contribution in [3.63, 3.8) is 0 Å². The van der Waals surface area contributed by atoms with Gasteiger partial charge in [-0.25, -0.2) is 8.42 Å². The Morgan fingerprint density at radius 2 is 2.00 bits per heavy atom. The molecule has 0 radical (unpaired) electrons. The maximum atomic E-state index is 13.5. The minimum absolute atomic E-state index is 0.0301. The third kappa shape index (κ3) is 4.05. The molecule has 0 aliphatic carbocycles. The molecule has 1 aromatic heterocycles. The number of nitrogens with zero attached hydrogens (tertiary/aromatic N) is 1. The van der Waals surface area contributed by atoms with Crippen LogP contribution in [0.3, 0.4) is 0 Å². The Balaban J connectivity index is 1.74. The van der Waals surface area contributed by atoms with Gasteiger partial charge in [-0.05, 0) is 49.6 Å². The predicted octanol–water partition coefficient (Wildman–Crippen LogP) is 4.53. The van der Waals surface area contributed by atoms with E-state index in [-0.39, 0.29) is 35.8 Å². The molecule has 0 N–H and O–H groups in total. The van der Waals surface area contributed by atoms with Gasteiger partial charge < -0.3 is 9.32 Å². The van der Waals surface area contributed by atoms with Crippen LogP contribution in [0.2, 0.25) is 5.02 Å². The van der Waals surface area contributed by atoms with Gasteiger partial charge in [0.1, 0.15) is 5.58 Å². The van der Waals surface area contributed by atoms with E-state index in [2.05, 4.69) is 0 Å². The van der Waals surface area contributed by atoms with Gasteiger partial charge in [-0.3, -0.25) is 4.79 Å². The number of rotatable bonds is 4. The fourth-order valence-electron chi connectivity index (χ4n) is 3.89. The smallest absolute Gasteiger partial charge is 0.290 e. The van der Waals surface area contributed by atoms with E-state index in [0.29, 0.717) is 17.0 Å². The van der Waals surface area contributed by atoms with E-state index >= 15 is 0 Å². The van der Waals surface area contributed by atoms with Crippen LogP contribution in [0.25, 0.3) is 11.0 Å². The third-order valence-corrected chi connectivity index (χ3v) is 7.43. The van der Waals surface area contributed by atoms with Gasteiger partial charge in [0.2, 0.25) is 0 Å². The van der Waals surface area contributed by atoms with Gasteiger partial charge in [-0.1, -0.05) is 35.9 Å². The quantitative estimate of drug-likeness (QED) is 0.608. The van der Waals surface area contributed by atoms with Crippen molar-refractivity contribution in [3.05, 3.63) is 69.9 Å². The second-order valence-electron chi connectivity index (χ2n) is 7.68. The summed E-state index contributed by atoms with van der Waals surface area (Å²) in [5, 5.41) is 1.46. The van der Waals surface area contributed by atoms with E-state index in [1.165, 1.54) is 0 Å². The Morgan fingerprint density at radius 3 is 2.69 bits per heavy atom. The molecule has 0 bridgehead atoms. The fraction of sp³-hybridized carbons (Fsp3) is 0.318. The standard InChI is InChI=1S/C22H22ClNO4S/c1-14-6-7-19-15(2)21(28-20(19)10-14)22(25)24(18-8-9-29(26,27)13-18)12-16-4-3-5-17(23)11-16/h3-7,10-11,18H,8-9,12-13H2,1-2H3. The van der Waals surface area contributed by atoms with Crippen molar-refractivity contribution in [2.24, 2.45) is 0 Å². The zero-order chi connectivity index (χ0) is 20.8. The maximum Gasteiger partial charge on any atom is 0.290 e. The lowest BCUT2D eigenvalue weighted by atomic mass is 10.1. The van der Waals surface area contributed by atoms with Gasteiger partial charge in [0.05, 0.1) is 11.5 Å². The van der Waals surface area contributed by atoms with Crippen molar-refractivity contribution in [2.45, 2.75) is 32.9 Å². The molecule has 1 saturated heterocycles. The van der Waals surface area contributed by atoms with Crippen molar-refractivity contribution in [1.82, 2.24) is 4.90 Å². The topological polar surface area (TPSA) is 67.6 Å². The van der Waals surface area contributed by atoms with Crippen molar-refractivity contribution >= 4 is 38.3 Å². The van der Waals surface area contributed by atoms with Gasteiger partial charge in [-0.15, -0.1) is 0 Å². The minimum atomic E-state index is -3.15. The van der Waals surface area contributed by atoms with Crippen LogP contribution in [-0.2, 0) is 16.4 Å². The molecule has 7 heteroatoms. The fourth-order valence-corrected chi connectivity index (χ4v) is 5.83. The Kier molecular flexibility index (Phi) is 5.17. The molecule has 29 heavy (non-hydrogen) atoms. The molecule has 4 rings (SSSR count). The molecule has 1 unspecified atom stereocenters. The number of amides is 1. The summed E-state index contributed by atoms with van der Waals surface area (Å²) in [6.45, 7) is 4.10. The largest absolute Gasteiger partial charge is 0.451 e. The van der Waals surface area contributed by atoms with Gasteiger partial charge in [0.25, 0.3) is 5.91 Å².